The van der Waals surface area contributed by atoms with Gasteiger partial charge >= 0.3 is 6.36 Å². The van der Waals surface area contributed by atoms with E-state index < -0.39 is 12.8 Å². The van der Waals surface area contributed by atoms with Gasteiger partial charge in [-0.25, -0.2) is 8.78 Å². The lowest BCUT2D eigenvalue weighted by atomic mass is 10.1. The Morgan fingerprint density at radius 2 is 1.67 bits per heavy atom. The van der Waals surface area contributed by atoms with Gasteiger partial charge in [-0.1, -0.05) is 41.6 Å². The molecule has 0 saturated heterocycles. The number of hydrogen-bond donors (Lipinski definition) is 0. The number of alkyl halides is 5. The molecule has 0 aliphatic rings. The van der Waals surface area contributed by atoms with Crippen LogP contribution in [-0.4, -0.2) is 12.6 Å². The van der Waals surface area contributed by atoms with Gasteiger partial charge in [0.1, 0.15) is 12.4 Å². The van der Waals surface area contributed by atoms with Crippen molar-refractivity contribution in [3.63, 3.8) is 0 Å². The molecule has 2 aromatic carbocycles. The fraction of sp³-hybridized carbons (Fsp3) is 0.188. The first kappa shape index (κ1) is 17.7. The van der Waals surface area contributed by atoms with Gasteiger partial charge in [0.05, 0.1) is 6.21 Å². The molecule has 0 spiro atoms. The van der Waals surface area contributed by atoms with Crippen molar-refractivity contribution in [2.24, 2.45) is 5.16 Å². The van der Waals surface area contributed by atoms with Gasteiger partial charge in [0.2, 0.25) is 0 Å². The van der Waals surface area contributed by atoms with Crippen LogP contribution in [-0.2, 0) is 11.4 Å². The maximum Gasteiger partial charge on any atom is 0.573 e. The van der Waals surface area contributed by atoms with Crippen molar-refractivity contribution >= 4 is 6.21 Å². The van der Waals surface area contributed by atoms with Crippen molar-refractivity contribution in [3.8, 4) is 5.75 Å². The zero-order chi connectivity index (χ0) is 17.6. The van der Waals surface area contributed by atoms with E-state index in [0.29, 0.717) is 5.56 Å². The van der Waals surface area contributed by atoms with Gasteiger partial charge in [0.15, 0.2) is 0 Å². The number of benzene rings is 2. The summed E-state index contributed by atoms with van der Waals surface area (Å²) < 4.78 is 65.3. The summed E-state index contributed by atoms with van der Waals surface area (Å²) in [6.45, 7) is -0.0281. The molecule has 2 rings (SSSR count). The Balaban J connectivity index is 1.90. The van der Waals surface area contributed by atoms with Crippen molar-refractivity contribution in [2.75, 3.05) is 0 Å². The molecule has 0 radical (unpaired) electrons. The Hall–Kier alpha value is -2.64. The van der Waals surface area contributed by atoms with Crippen LogP contribution in [0.15, 0.2) is 53.7 Å². The lowest BCUT2D eigenvalue weighted by molar-refractivity contribution is -0.274. The Morgan fingerprint density at radius 1 is 1.00 bits per heavy atom. The summed E-state index contributed by atoms with van der Waals surface area (Å²) in [4.78, 5) is 4.96. The molecule has 0 amide bonds. The molecule has 0 fully saturated rings. The van der Waals surface area contributed by atoms with Crippen LogP contribution < -0.4 is 4.74 Å². The predicted octanol–water partition coefficient (Wildman–Crippen LogP) is 5.07. The minimum atomic E-state index is -4.75. The Labute approximate surface area is 134 Å². The van der Waals surface area contributed by atoms with Crippen LogP contribution in [0.2, 0.25) is 0 Å². The van der Waals surface area contributed by atoms with E-state index in [9.17, 15) is 22.0 Å². The van der Waals surface area contributed by atoms with E-state index in [0.717, 1.165) is 18.3 Å². The number of rotatable bonds is 6. The summed E-state index contributed by atoms with van der Waals surface area (Å²) in [5.41, 5.74) is 0.601. The van der Waals surface area contributed by atoms with Crippen molar-refractivity contribution < 1.29 is 31.5 Å². The zero-order valence-corrected chi connectivity index (χ0v) is 12.1. The Bertz CT molecular complexity index is 684. The number of ether oxygens (including phenoxy) is 1. The maximum atomic E-state index is 12.8. The van der Waals surface area contributed by atoms with Gasteiger partial charge in [-0.05, 0) is 17.7 Å². The van der Waals surface area contributed by atoms with Crippen LogP contribution in [0.1, 0.15) is 23.1 Å². The normalized spacial score (nSPS) is 11.9. The third kappa shape index (κ3) is 5.53. The smallest absolute Gasteiger partial charge is 0.406 e. The van der Waals surface area contributed by atoms with E-state index in [2.05, 4.69) is 9.89 Å². The van der Waals surface area contributed by atoms with Gasteiger partial charge in [0, 0.05) is 11.1 Å². The molecule has 2 aromatic rings. The molecular weight excluding hydrogens is 333 g/mol. The lowest BCUT2D eigenvalue weighted by Gasteiger charge is -2.09. The highest BCUT2D eigenvalue weighted by molar-refractivity contribution is 5.81. The third-order valence-electron chi connectivity index (χ3n) is 2.89. The van der Waals surface area contributed by atoms with Crippen molar-refractivity contribution in [1.82, 2.24) is 0 Å². The molecule has 0 aliphatic carbocycles. The molecule has 3 nitrogen and oxygen atoms in total. The summed E-state index contributed by atoms with van der Waals surface area (Å²) in [6, 6.07) is 10.9. The van der Waals surface area contributed by atoms with E-state index in [4.69, 9.17) is 4.84 Å². The van der Waals surface area contributed by atoms with Crippen LogP contribution >= 0.6 is 0 Å². The van der Waals surface area contributed by atoms with Crippen LogP contribution in [0, 0.1) is 0 Å². The van der Waals surface area contributed by atoms with E-state index in [1.807, 2.05) is 0 Å². The number of halogens is 5. The molecule has 8 heteroatoms. The largest absolute Gasteiger partial charge is 0.573 e. The molecule has 0 heterocycles. The lowest BCUT2D eigenvalue weighted by Crippen LogP contribution is -2.17. The second-order valence-corrected chi connectivity index (χ2v) is 4.63. The van der Waals surface area contributed by atoms with E-state index >= 15 is 0 Å². The van der Waals surface area contributed by atoms with Gasteiger partial charge < -0.3 is 9.57 Å². The highest BCUT2D eigenvalue weighted by Crippen LogP contribution is 2.23. The van der Waals surface area contributed by atoms with Crippen molar-refractivity contribution in [1.29, 1.82) is 0 Å². The van der Waals surface area contributed by atoms with E-state index in [1.54, 1.807) is 6.07 Å². The van der Waals surface area contributed by atoms with Gasteiger partial charge in [0.25, 0.3) is 6.43 Å². The molecule has 0 saturated carbocycles. The number of nitrogens with zero attached hydrogens (tertiary/aromatic N) is 1. The Kier molecular flexibility index (Phi) is 5.73. The van der Waals surface area contributed by atoms with E-state index in [1.165, 1.54) is 30.3 Å². The highest BCUT2D eigenvalue weighted by Gasteiger charge is 2.30. The van der Waals surface area contributed by atoms with Crippen molar-refractivity contribution in [2.45, 2.75) is 19.4 Å². The molecule has 0 N–H and O–H groups in total. The molecule has 0 bridgehead atoms. The summed E-state index contributed by atoms with van der Waals surface area (Å²) in [5.74, 6) is -0.347. The first-order chi connectivity index (χ1) is 11.3. The topological polar surface area (TPSA) is 30.8 Å². The Morgan fingerprint density at radius 3 is 2.29 bits per heavy atom. The summed E-state index contributed by atoms with van der Waals surface area (Å²) in [6.07, 6.45) is -6.22. The van der Waals surface area contributed by atoms with Crippen molar-refractivity contribution in [3.05, 3.63) is 65.2 Å². The minimum Gasteiger partial charge on any atom is -0.406 e. The first-order valence-electron chi connectivity index (χ1n) is 6.72. The summed E-state index contributed by atoms with van der Waals surface area (Å²) >= 11 is 0. The zero-order valence-electron chi connectivity index (χ0n) is 12.1. The first-order valence-corrected chi connectivity index (χ1v) is 6.72. The second-order valence-electron chi connectivity index (χ2n) is 4.63. The molecule has 0 atom stereocenters. The van der Waals surface area contributed by atoms with Gasteiger partial charge in [-0.3, -0.25) is 0 Å². The number of oxime groups is 1. The average Bonchev–Trinajstić information content (AvgIpc) is 2.52. The third-order valence-corrected chi connectivity index (χ3v) is 2.89. The molecule has 0 aliphatic heterocycles. The molecule has 24 heavy (non-hydrogen) atoms. The average molecular weight is 345 g/mol. The quantitative estimate of drug-likeness (QED) is 0.416. The van der Waals surface area contributed by atoms with Gasteiger partial charge in [-0.15, -0.1) is 13.2 Å². The molecular formula is C16H12F5NO2. The minimum absolute atomic E-state index is 0.0281. The van der Waals surface area contributed by atoms with Crippen LogP contribution in [0.4, 0.5) is 22.0 Å². The monoisotopic (exact) mass is 345 g/mol. The summed E-state index contributed by atoms with van der Waals surface area (Å²) in [7, 11) is 0. The predicted molar refractivity (Wildman–Crippen MR) is 76.9 cm³/mol. The second kappa shape index (κ2) is 7.76. The van der Waals surface area contributed by atoms with Gasteiger partial charge in [-0.2, -0.15) is 0 Å². The molecule has 0 aromatic heterocycles. The van der Waals surface area contributed by atoms with Crippen LogP contribution in [0.5, 0.6) is 5.75 Å². The SMILES string of the molecule is FC(F)c1ccccc1C=NOCc1ccc(OC(F)(F)F)cc1. The summed E-state index contributed by atoms with van der Waals surface area (Å²) in [5, 5.41) is 3.59. The van der Waals surface area contributed by atoms with Crippen LogP contribution in [0.25, 0.3) is 0 Å². The fourth-order valence-corrected chi connectivity index (χ4v) is 1.82. The van der Waals surface area contributed by atoms with E-state index in [-0.39, 0.29) is 23.5 Å². The van der Waals surface area contributed by atoms with Crippen LogP contribution in [0.3, 0.4) is 0 Å². The fourth-order valence-electron chi connectivity index (χ4n) is 1.82. The molecule has 0 unspecified atom stereocenters. The standard InChI is InChI=1S/C16H12F5NO2/c17-15(18)14-4-2-1-3-12(14)9-22-23-10-11-5-7-13(8-6-11)24-16(19,20)21/h1-9,15H,10H2. The maximum absolute atomic E-state index is 12.8. The highest BCUT2D eigenvalue weighted by atomic mass is 19.4. The molecule has 128 valence electrons. The number of hydrogen-bond acceptors (Lipinski definition) is 3.